The largest absolute Gasteiger partial charge is 0.355 e. The second kappa shape index (κ2) is 5.87. The number of halogens is 1. The third-order valence-electron chi connectivity index (χ3n) is 4.36. The first-order valence-corrected chi connectivity index (χ1v) is 8.28. The van der Waals surface area contributed by atoms with Crippen LogP contribution in [0.2, 0.25) is 5.02 Å². The summed E-state index contributed by atoms with van der Waals surface area (Å²) in [5, 5.41) is 3.53. The number of ketones is 2. The third-order valence-corrected chi connectivity index (χ3v) is 4.67. The highest BCUT2D eigenvalue weighted by atomic mass is 35.5. The van der Waals surface area contributed by atoms with Gasteiger partial charge in [0.15, 0.2) is 11.6 Å². The molecule has 3 aromatic carbocycles. The Balaban J connectivity index is 1.88. The molecule has 0 radical (unpaired) electrons. The SMILES string of the molecule is Cc1ccc(Nc2ccc(Cl)c3c2C(=O)c2ccccc2C3=O)cc1. The topological polar surface area (TPSA) is 46.2 Å². The Morgan fingerprint density at radius 3 is 2.00 bits per heavy atom. The molecule has 0 aliphatic heterocycles. The number of hydrogen-bond acceptors (Lipinski definition) is 3. The number of anilines is 2. The molecule has 1 aliphatic rings. The average molecular weight is 348 g/mol. The van der Waals surface area contributed by atoms with E-state index in [0.717, 1.165) is 11.3 Å². The number of benzene rings is 3. The van der Waals surface area contributed by atoms with E-state index in [-0.39, 0.29) is 22.2 Å². The van der Waals surface area contributed by atoms with E-state index in [1.165, 1.54) is 0 Å². The predicted molar refractivity (Wildman–Crippen MR) is 99.2 cm³/mol. The molecule has 0 fully saturated rings. The van der Waals surface area contributed by atoms with E-state index in [4.69, 9.17) is 11.6 Å². The molecular formula is C21H14ClNO2. The number of fused-ring (bicyclic) bond motifs is 2. The summed E-state index contributed by atoms with van der Waals surface area (Å²) < 4.78 is 0. The highest BCUT2D eigenvalue weighted by Crippen LogP contribution is 2.37. The van der Waals surface area contributed by atoms with Crippen LogP contribution < -0.4 is 5.32 Å². The predicted octanol–water partition coefficient (Wildman–Crippen LogP) is 5.17. The van der Waals surface area contributed by atoms with Gasteiger partial charge in [-0.1, -0.05) is 53.6 Å². The quantitative estimate of drug-likeness (QED) is 0.544. The molecule has 0 saturated heterocycles. The second-order valence-electron chi connectivity index (χ2n) is 6.04. The third kappa shape index (κ3) is 2.53. The van der Waals surface area contributed by atoms with Crippen molar-refractivity contribution in [3.63, 3.8) is 0 Å². The summed E-state index contributed by atoms with van der Waals surface area (Å²) >= 11 is 6.26. The molecule has 0 bridgehead atoms. The Kier molecular flexibility index (Phi) is 3.66. The Hall–Kier alpha value is -2.91. The van der Waals surface area contributed by atoms with Crippen LogP contribution in [-0.4, -0.2) is 11.6 Å². The van der Waals surface area contributed by atoms with Crippen LogP contribution in [0.5, 0.6) is 0 Å². The van der Waals surface area contributed by atoms with Crippen molar-refractivity contribution < 1.29 is 9.59 Å². The first-order chi connectivity index (χ1) is 12.1. The van der Waals surface area contributed by atoms with Gasteiger partial charge in [0.1, 0.15) is 0 Å². The summed E-state index contributed by atoms with van der Waals surface area (Å²) in [6.45, 7) is 2.01. The summed E-state index contributed by atoms with van der Waals surface area (Å²) in [5.41, 5.74) is 3.97. The number of hydrogen-bond donors (Lipinski definition) is 1. The van der Waals surface area contributed by atoms with E-state index in [9.17, 15) is 9.59 Å². The van der Waals surface area contributed by atoms with E-state index in [0.29, 0.717) is 22.4 Å². The van der Waals surface area contributed by atoms with Crippen molar-refractivity contribution in [2.45, 2.75) is 6.92 Å². The van der Waals surface area contributed by atoms with Crippen molar-refractivity contribution >= 4 is 34.5 Å². The second-order valence-corrected chi connectivity index (χ2v) is 6.45. The van der Waals surface area contributed by atoms with Gasteiger partial charge >= 0.3 is 0 Å². The molecule has 0 heterocycles. The molecule has 0 aromatic heterocycles. The number of carbonyl (C=O) groups excluding carboxylic acids is 2. The van der Waals surface area contributed by atoms with Crippen molar-refractivity contribution in [2.24, 2.45) is 0 Å². The standard InChI is InChI=1S/C21H14ClNO2/c1-12-6-8-13(9-7-12)23-17-11-10-16(22)18-19(17)21(25)15-5-3-2-4-14(15)20(18)24/h2-11,23H,1H3. The lowest BCUT2D eigenvalue weighted by molar-refractivity contribution is 0.0980. The maximum atomic E-state index is 13.0. The molecule has 4 rings (SSSR count). The van der Waals surface area contributed by atoms with Gasteiger partial charge in [-0.25, -0.2) is 0 Å². The Bertz CT molecular complexity index is 1020. The first kappa shape index (κ1) is 15.6. The fraction of sp³-hybridized carbons (Fsp3) is 0.0476. The lowest BCUT2D eigenvalue weighted by Crippen LogP contribution is -2.22. The minimum atomic E-state index is -0.220. The number of rotatable bonds is 2. The van der Waals surface area contributed by atoms with Gasteiger partial charge in [0.2, 0.25) is 0 Å². The van der Waals surface area contributed by atoms with Crippen molar-refractivity contribution in [3.8, 4) is 0 Å². The van der Waals surface area contributed by atoms with Crippen molar-refractivity contribution in [1.29, 1.82) is 0 Å². The Morgan fingerprint density at radius 2 is 1.36 bits per heavy atom. The molecule has 1 aliphatic carbocycles. The Morgan fingerprint density at radius 1 is 0.760 bits per heavy atom. The normalized spacial score (nSPS) is 12.6. The van der Waals surface area contributed by atoms with Crippen LogP contribution in [0.25, 0.3) is 0 Å². The van der Waals surface area contributed by atoms with Crippen LogP contribution in [0, 0.1) is 6.92 Å². The molecule has 25 heavy (non-hydrogen) atoms. The van der Waals surface area contributed by atoms with Gasteiger partial charge in [-0.2, -0.15) is 0 Å². The number of carbonyl (C=O) groups is 2. The van der Waals surface area contributed by atoms with Gasteiger partial charge in [-0.05, 0) is 31.2 Å². The van der Waals surface area contributed by atoms with Gasteiger partial charge < -0.3 is 5.32 Å². The molecule has 0 spiro atoms. The highest BCUT2D eigenvalue weighted by molar-refractivity contribution is 6.40. The van der Waals surface area contributed by atoms with E-state index in [1.54, 1.807) is 36.4 Å². The zero-order valence-electron chi connectivity index (χ0n) is 13.5. The fourth-order valence-corrected chi connectivity index (χ4v) is 3.32. The molecule has 3 nitrogen and oxygen atoms in total. The van der Waals surface area contributed by atoms with Crippen LogP contribution in [-0.2, 0) is 0 Å². The number of nitrogens with one attached hydrogen (secondary N) is 1. The highest BCUT2D eigenvalue weighted by Gasteiger charge is 2.33. The average Bonchev–Trinajstić information content (AvgIpc) is 2.63. The minimum Gasteiger partial charge on any atom is -0.355 e. The summed E-state index contributed by atoms with van der Waals surface area (Å²) in [6, 6.07) is 18.0. The summed E-state index contributed by atoms with van der Waals surface area (Å²) in [5.74, 6) is -0.412. The summed E-state index contributed by atoms with van der Waals surface area (Å²) in [7, 11) is 0. The lowest BCUT2D eigenvalue weighted by atomic mass is 9.83. The van der Waals surface area contributed by atoms with Crippen molar-refractivity contribution in [2.75, 3.05) is 5.32 Å². The molecular weight excluding hydrogens is 334 g/mol. The van der Waals surface area contributed by atoms with Gasteiger partial charge in [0.25, 0.3) is 0 Å². The van der Waals surface area contributed by atoms with E-state index >= 15 is 0 Å². The maximum absolute atomic E-state index is 13.0. The van der Waals surface area contributed by atoms with Crippen LogP contribution in [0.1, 0.15) is 37.4 Å². The van der Waals surface area contributed by atoms with Gasteiger partial charge in [0.05, 0.1) is 21.8 Å². The molecule has 4 heteroatoms. The van der Waals surface area contributed by atoms with Crippen LogP contribution >= 0.6 is 11.6 Å². The first-order valence-electron chi connectivity index (χ1n) is 7.91. The van der Waals surface area contributed by atoms with Crippen LogP contribution in [0.15, 0.2) is 60.7 Å². The van der Waals surface area contributed by atoms with Crippen LogP contribution in [0.4, 0.5) is 11.4 Å². The summed E-state index contributed by atoms with van der Waals surface area (Å²) in [6.07, 6.45) is 0. The lowest BCUT2D eigenvalue weighted by Gasteiger charge is -2.21. The van der Waals surface area contributed by atoms with Gasteiger partial charge in [-0.3, -0.25) is 9.59 Å². The van der Waals surface area contributed by atoms with Gasteiger partial charge in [-0.15, -0.1) is 0 Å². The monoisotopic (exact) mass is 347 g/mol. The van der Waals surface area contributed by atoms with E-state index < -0.39 is 0 Å². The zero-order valence-corrected chi connectivity index (χ0v) is 14.2. The molecule has 0 amide bonds. The minimum absolute atomic E-state index is 0.192. The van der Waals surface area contributed by atoms with Crippen molar-refractivity contribution in [1.82, 2.24) is 0 Å². The molecule has 122 valence electrons. The molecule has 0 atom stereocenters. The van der Waals surface area contributed by atoms with Crippen LogP contribution in [0.3, 0.4) is 0 Å². The smallest absolute Gasteiger partial charge is 0.196 e. The summed E-state index contributed by atoms with van der Waals surface area (Å²) in [4.78, 5) is 25.9. The zero-order chi connectivity index (χ0) is 17.6. The number of aryl methyl sites for hydroxylation is 1. The van der Waals surface area contributed by atoms with Gasteiger partial charge in [0, 0.05) is 16.8 Å². The maximum Gasteiger partial charge on any atom is 0.196 e. The van der Waals surface area contributed by atoms with E-state index in [2.05, 4.69) is 5.32 Å². The molecule has 0 unspecified atom stereocenters. The molecule has 0 saturated carbocycles. The molecule has 1 N–H and O–H groups in total. The fourth-order valence-electron chi connectivity index (χ4n) is 3.08. The van der Waals surface area contributed by atoms with Crippen molar-refractivity contribution in [3.05, 3.63) is 93.5 Å². The van der Waals surface area contributed by atoms with E-state index in [1.807, 2.05) is 31.2 Å². The Labute approximate surface area is 150 Å². The molecule has 3 aromatic rings.